The molecule has 0 saturated heterocycles. The molecule has 122 valence electrons. The minimum absolute atomic E-state index is 0.242. The van der Waals surface area contributed by atoms with E-state index in [0.717, 1.165) is 5.56 Å². The molecule has 0 radical (unpaired) electrons. The van der Waals surface area contributed by atoms with Gasteiger partial charge in [-0.3, -0.25) is 4.79 Å². The summed E-state index contributed by atoms with van der Waals surface area (Å²) in [5.74, 6) is -2.74. The summed E-state index contributed by atoms with van der Waals surface area (Å²) in [7, 11) is 1.58. The van der Waals surface area contributed by atoms with Gasteiger partial charge in [-0.1, -0.05) is 42.1 Å². The monoisotopic (exact) mass is 337 g/mol. The summed E-state index contributed by atoms with van der Waals surface area (Å²) in [5.41, 5.74) is 1.39. The number of alkyl halides is 2. The van der Waals surface area contributed by atoms with Gasteiger partial charge in [0.1, 0.15) is 0 Å². The number of benzene rings is 2. The molecule has 1 amide bonds. The Morgan fingerprint density at radius 2 is 1.78 bits per heavy atom. The summed E-state index contributed by atoms with van der Waals surface area (Å²) in [6.45, 7) is 0.326. The Hall–Kier alpha value is -1.92. The van der Waals surface area contributed by atoms with Crippen LogP contribution in [0.3, 0.4) is 0 Å². The molecule has 2 aromatic carbocycles. The molecule has 0 heterocycles. The Labute approximate surface area is 138 Å². The Kier molecular flexibility index (Phi) is 6.55. The van der Waals surface area contributed by atoms with Crippen molar-refractivity contribution in [2.75, 3.05) is 13.7 Å². The predicted molar refractivity (Wildman–Crippen MR) is 86.8 cm³/mol. The van der Waals surface area contributed by atoms with Gasteiger partial charge in [0.25, 0.3) is 11.7 Å². The van der Waals surface area contributed by atoms with Crippen molar-refractivity contribution in [2.24, 2.45) is 0 Å². The fraction of sp³-hybridized carbons (Fsp3) is 0.235. The molecule has 0 saturated carbocycles. The second-order valence-electron chi connectivity index (χ2n) is 4.75. The SMILES string of the molecule is COC(CNC(=O)c1ccc(SC(F)F)cc1)c1ccccc1. The summed E-state index contributed by atoms with van der Waals surface area (Å²) < 4.78 is 29.9. The van der Waals surface area contributed by atoms with Crippen molar-refractivity contribution in [1.29, 1.82) is 0 Å². The maximum Gasteiger partial charge on any atom is 0.288 e. The molecule has 0 aromatic heterocycles. The number of thioether (sulfide) groups is 1. The Balaban J connectivity index is 1.93. The number of ether oxygens (including phenoxy) is 1. The molecule has 3 nitrogen and oxygen atoms in total. The van der Waals surface area contributed by atoms with E-state index in [1.54, 1.807) is 7.11 Å². The molecule has 0 aliphatic carbocycles. The van der Waals surface area contributed by atoms with E-state index in [1.807, 2.05) is 30.3 Å². The lowest BCUT2D eigenvalue weighted by Crippen LogP contribution is -2.29. The van der Waals surface area contributed by atoms with Crippen LogP contribution in [0.4, 0.5) is 8.78 Å². The van der Waals surface area contributed by atoms with Crippen LogP contribution in [0.2, 0.25) is 0 Å². The highest BCUT2D eigenvalue weighted by atomic mass is 32.2. The van der Waals surface area contributed by atoms with Crippen LogP contribution < -0.4 is 5.32 Å². The highest BCUT2D eigenvalue weighted by molar-refractivity contribution is 7.99. The van der Waals surface area contributed by atoms with Crippen LogP contribution in [0.1, 0.15) is 22.0 Å². The molecule has 23 heavy (non-hydrogen) atoms. The van der Waals surface area contributed by atoms with Crippen LogP contribution >= 0.6 is 11.8 Å². The molecular formula is C17H17F2NO2S. The van der Waals surface area contributed by atoms with Crippen molar-refractivity contribution in [3.05, 3.63) is 65.7 Å². The van der Waals surface area contributed by atoms with Gasteiger partial charge in [-0.2, -0.15) is 8.78 Å². The number of amides is 1. The largest absolute Gasteiger partial charge is 0.375 e. The number of carbonyl (C=O) groups is 1. The van der Waals surface area contributed by atoms with E-state index in [-0.39, 0.29) is 12.0 Å². The van der Waals surface area contributed by atoms with Crippen LogP contribution in [-0.4, -0.2) is 25.3 Å². The smallest absolute Gasteiger partial charge is 0.288 e. The second-order valence-corrected chi connectivity index (χ2v) is 5.81. The van der Waals surface area contributed by atoms with E-state index >= 15 is 0 Å². The van der Waals surface area contributed by atoms with Gasteiger partial charge in [0.15, 0.2) is 0 Å². The standard InChI is InChI=1S/C17H17F2NO2S/c1-22-15(12-5-3-2-4-6-12)11-20-16(21)13-7-9-14(10-8-13)23-17(18)19/h2-10,15,17H,11H2,1H3,(H,20,21). The van der Waals surface area contributed by atoms with E-state index in [9.17, 15) is 13.6 Å². The molecule has 0 spiro atoms. The molecule has 1 N–H and O–H groups in total. The number of hydrogen-bond acceptors (Lipinski definition) is 3. The van der Waals surface area contributed by atoms with Gasteiger partial charge in [-0.15, -0.1) is 0 Å². The lowest BCUT2D eigenvalue weighted by Gasteiger charge is -2.16. The van der Waals surface area contributed by atoms with E-state index in [2.05, 4.69) is 5.32 Å². The second kappa shape index (κ2) is 8.64. The lowest BCUT2D eigenvalue weighted by molar-refractivity contribution is 0.0828. The minimum atomic E-state index is -2.47. The van der Waals surface area contributed by atoms with Gasteiger partial charge >= 0.3 is 0 Å². The average molecular weight is 337 g/mol. The number of nitrogens with one attached hydrogen (secondary N) is 1. The molecule has 0 fully saturated rings. The molecule has 6 heteroatoms. The lowest BCUT2D eigenvalue weighted by atomic mass is 10.1. The molecule has 0 bridgehead atoms. The highest BCUT2D eigenvalue weighted by Gasteiger charge is 2.13. The third-order valence-corrected chi connectivity index (χ3v) is 3.97. The maximum absolute atomic E-state index is 12.3. The van der Waals surface area contributed by atoms with Crippen LogP contribution in [0.5, 0.6) is 0 Å². The van der Waals surface area contributed by atoms with Gasteiger partial charge in [0.05, 0.1) is 6.10 Å². The molecule has 1 unspecified atom stereocenters. The van der Waals surface area contributed by atoms with Gasteiger partial charge in [0, 0.05) is 24.1 Å². The fourth-order valence-electron chi connectivity index (χ4n) is 2.08. The van der Waals surface area contributed by atoms with Crippen molar-refractivity contribution in [3.63, 3.8) is 0 Å². The van der Waals surface area contributed by atoms with E-state index in [0.29, 0.717) is 28.8 Å². The van der Waals surface area contributed by atoms with Crippen molar-refractivity contribution < 1.29 is 18.3 Å². The van der Waals surface area contributed by atoms with Crippen LogP contribution in [0, 0.1) is 0 Å². The van der Waals surface area contributed by atoms with Crippen molar-refractivity contribution in [1.82, 2.24) is 5.32 Å². The summed E-state index contributed by atoms with van der Waals surface area (Å²) in [4.78, 5) is 12.5. The Morgan fingerprint density at radius 3 is 2.35 bits per heavy atom. The van der Waals surface area contributed by atoms with Crippen molar-refractivity contribution >= 4 is 17.7 Å². The van der Waals surface area contributed by atoms with Crippen LogP contribution in [-0.2, 0) is 4.74 Å². The first-order chi connectivity index (χ1) is 11.1. The number of methoxy groups -OCH3 is 1. The first-order valence-corrected chi connectivity index (χ1v) is 7.89. The molecule has 2 aromatic rings. The number of hydrogen-bond donors (Lipinski definition) is 1. The van der Waals surface area contributed by atoms with E-state index in [4.69, 9.17) is 4.74 Å². The van der Waals surface area contributed by atoms with Gasteiger partial charge in [-0.25, -0.2) is 0 Å². The number of rotatable bonds is 7. The summed E-state index contributed by atoms with van der Waals surface area (Å²) >= 11 is 0.453. The normalized spacial score (nSPS) is 12.2. The summed E-state index contributed by atoms with van der Waals surface area (Å²) in [6.07, 6.45) is -0.242. The van der Waals surface area contributed by atoms with E-state index in [1.165, 1.54) is 24.3 Å². The fourth-order valence-corrected chi connectivity index (χ4v) is 2.58. The third kappa shape index (κ3) is 5.33. The van der Waals surface area contributed by atoms with Gasteiger partial charge in [-0.05, 0) is 29.8 Å². The first-order valence-electron chi connectivity index (χ1n) is 7.01. The zero-order valence-corrected chi connectivity index (χ0v) is 13.4. The van der Waals surface area contributed by atoms with E-state index < -0.39 is 5.76 Å². The van der Waals surface area contributed by atoms with Crippen molar-refractivity contribution in [2.45, 2.75) is 16.8 Å². The molecule has 0 aliphatic heterocycles. The Bertz CT molecular complexity index is 620. The quantitative estimate of drug-likeness (QED) is 0.773. The van der Waals surface area contributed by atoms with Crippen molar-refractivity contribution in [3.8, 4) is 0 Å². The number of carbonyl (C=O) groups excluding carboxylic acids is 1. The predicted octanol–water partition coefficient (Wildman–Crippen LogP) is 4.12. The summed E-state index contributed by atoms with van der Waals surface area (Å²) in [6, 6.07) is 15.7. The van der Waals surface area contributed by atoms with Crippen LogP contribution in [0.25, 0.3) is 0 Å². The highest BCUT2D eigenvalue weighted by Crippen LogP contribution is 2.25. The molecule has 0 aliphatic rings. The van der Waals surface area contributed by atoms with Crippen LogP contribution in [0.15, 0.2) is 59.5 Å². The minimum Gasteiger partial charge on any atom is -0.375 e. The van der Waals surface area contributed by atoms with Gasteiger partial charge < -0.3 is 10.1 Å². The topological polar surface area (TPSA) is 38.3 Å². The average Bonchev–Trinajstić information content (AvgIpc) is 2.56. The maximum atomic E-state index is 12.3. The molecule has 2 rings (SSSR count). The Morgan fingerprint density at radius 1 is 1.13 bits per heavy atom. The van der Waals surface area contributed by atoms with Gasteiger partial charge in [0.2, 0.25) is 0 Å². The molecule has 1 atom stereocenters. The number of halogens is 2. The zero-order chi connectivity index (χ0) is 16.7. The summed E-state index contributed by atoms with van der Waals surface area (Å²) in [5, 5.41) is 2.79. The zero-order valence-electron chi connectivity index (χ0n) is 12.5. The third-order valence-electron chi connectivity index (χ3n) is 3.25. The first kappa shape index (κ1) is 17.4. The molecular weight excluding hydrogens is 320 g/mol.